The van der Waals surface area contributed by atoms with Crippen molar-refractivity contribution in [2.24, 2.45) is 0 Å². The van der Waals surface area contributed by atoms with Crippen LogP contribution in [0.5, 0.6) is 0 Å². The Morgan fingerprint density at radius 1 is 1.56 bits per heavy atom. The smallest absolute Gasteiger partial charge is 0.271 e. The summed E-state index contributed by atoms with van der Waals surface area (Å²) < 4.78 is 0.670. The molecule has 0 radical (unpaired) electrons. The van der Waals surface area contributed by atoms with Gasteiger partial charge in [0.05, 0.1) is 0 Å². The van der Waals surface area contributed by atoms with E-state index in [0.29, 0.717) is 23.3 Å². The Morgan fingerprint density at radius 2 is 2.33 bits per heavy atom. The molecular formula is C12H14BrN3O2. The summed E-state index contributed by atoms with van der Waals surface area (Å²) >= 11 is 3.29. The highest BCUT2D eigenvalue weighted by Gasteiger charge is 2.26. The van der Waals surface area contributed by atoms with Crippen LogP contribution < -0.4 is 5.32 Å². The van der Waals surface area contributed by atoms with Crippen LogP contribution in [-0.4, -0.2) is 40.8 Å². The summed E-state index contributed by atoms with van der Waals surface area (Å²) in [5.41, 5.74) is 0.374. The maximum atomic E-state index is 12.0. The Balaban J connectivity index is 1.97. The van der Waals surface area contributed by atoms with Gasteiger partial charge in [-0.05, 0) is 34.5 Å². The molecule has 1 aromatic rings. The van der Waals surface area contributed by atoms with Gasteiger partial charge in [-0.2, -0.15) is 0 Å². The molecule has 1 aliphatic rings. The van der Waals surface area contributed by atoms with Crippen LogP contribution in [0.2, 0.25) is 0 Å². The van der Waals surface area contributed by atoms with Gasteiger partial charge in [0.25, 0.3) is 5.91 Å². The maximum absolute atomic E-state index is 12.0. The van der Waals surface area contributed by atoms with Crippen LogP contribution in [0.3, 0.4) is 0 Å². The Labute approximate surface area is 114 Å². The normalized spacial score (nSPS) is 18.8. The number of carbonyl (C=O) groups excluding carboxylic acids is 2. The average molecular weight is 312 g/mol. The van der Waals surface area contributed by atoms with Crippen molar-refractivity contribution in [3.8, 4) is 0 Å². The zero-order chi connectivity index (χ0) is 13.1. The first-order chi connectivity index (χ1) is 8.58. The van der Waals surface area contributed by atoms with Crippen molar-refractivity contribution in [3.05, 3.63) is 28.5 Å². The number of halogens is 1. The second kappa shape index (κ2) is 5.48. The lowest BCUT2D eigenvalue weighted by Gasteiger charge is -2.15. The zero-order valence-corrected chi connectivity index (χ0v) is 11.6. The van der Waals surface area contributed by atoms with Gasteiger partial charge in [0.2, 0.25) is 5.91 Å². The Hall–Kier alpha value is -1.43. The second-order valence-corrected chi connectivity index (χ2v) is 5.11. The van der Waals surface area contributed by atoms with Gasteiger partial charge in [-0.25, -0.2) is 4.98 Å². The molecule has 1 aromatic heterocycles. The van der Waals surface area contributed by atoms with E-state index < -0.39 is 0 Å². The molecule has 1 N–H and O–H groups in total. The van der Waals surface area contributed by atoms with Crippen molar-refractivity contribution in [3.63, 3.8) is 0 Å². The fourth-order valence-electron chi connectivity index (χ4n) is 1.97. The fourth-order valence-corrected chi connectivity index (χ4v) is 2.41. The van der Waals surface area contributed by atoms with Crippen LogP contribution in [0.4, 0.5) is 0 Å². The molecule has 2 heterocycles. The van der Waals surface area contributed by atoms with Crippen LogP contribution in [0.1, 0.15) is 23.8 Å². The van der Waals surface area contributed by atoms with Gasteiger partial charge in [0, 0.05) is 36.7 Å². The predicted octanol–water partition coefficient (Wildman–Crippen LogP) is 1.19. The van der Waals surface area contributed by atoms with E-state index in [2.05, 4.69) is 26.2 Å². The van der Waals surface area contributed by atoms with Gasteiger partial charge < -0.3 is 10.2 Å². The van der Waals surface area contributed by atoms with Gasteiger partial charge >= 0.3 is 0 Å². The fraction of sp³-hybridized carbons (Fsp3) is 0.417. The summed E-state index contributed by atoms with van der Waals surface area (Å²) in [4.78, 5) is 29.0. The van der Waals surface area contributed by atoms with Crippen molar-refractivity contribution in [1.29, 1.82) is 0 Å². The number of amides is 2. The zero-order valence-electron chi connectivity index (χ0n) is 10.0. The number of hydrogen-bond donors (Lipinski definition) is 1. The van der Waals surface area contributed by atoms with Gasteiger partial charge in [-0.3, -0.25) is 9.59 Å². The Morgan fingerprint density at radius 3 is 2.94 bits per heavy atom. The SMILES string of the molecule is CC(=O)N1CC[C@H](NC(=O)c2ncccc2Br)C1. The molecule has 0 saturated carbocycles. The number of carbonyl (C=O) groups is 2. The van der Waals surface area contributed by atoms with Crippen LogP contribution in [0.15, 0.2) is 22.8 Å². The topological polar surface area (TPSA) is 62.3 Å². The minimum absolute atomic E-state index is 0.00954. The molecule has 18 heavy (non-hydrogen) atoms. The first kappa shape index (κ1) is 13.0. The summed E-state index contributed by atoms with van der Waals surface area (Å²) in [6, 6.07) is 3.54. The average Bonchev–Trinajstić information content (AvgIpc) is 2.78. The highest BCUT2D eigenvalue weighted by Crippen LogP contribution is 2.15. The van der Waals surface area contributed by atoms with E-state index in [0.717, 1.165) is 6.42 Å². The minimum atomic E-state index is -0.210. The number of likely N-dealkylation sites (tertiary alicyclic amines) is 1. The molecule has 0 unspecified atom stereocenters. The van der Waals surface area contributed by atoms with Crippen molar-refractivity contribution in [2.75, 3.05) is 13.1 Å². The molecule has 2 rings (SSSR count). The van der Waals surface area contributed by atoms with Gasteiger partial charge in [0.15, 0.2) is 0 Å². The van der Waals surface area contributed by atoms with Gasteiger partial charge in [0.1, 0.15) is 5.69 Å². The number of hydrogen-bond acceptors (Lipinski definition) is 3. The number of pyridine rings is 1. The summed E-state index contributed by atoms with van der Waals surface area (Å²) in [6.07, 6.45) is 2.37. The number of rotatable bonds is 2. The summed E-state index contributed by atoms with van der Waals surface area (Å²) in [5.74, 6) is -0.163. The highest BCUT2D eigenvalue weighted by molar-refractivity contribution is 9.10. The summed E-state index contributed by atoms with van der Waals surface area (Å²) in [7, 11) is 0. The third-order valence-corrected chi connectivity index (χ3v) is 3.58. The van der Waals surface area contributed by atoms with E-state index in [1.54, 1.807) is 30.2 Å². The number of aromatic nitrogens is 1. The Bertz CT molecular complexity index is 478. The molecule has 6 heteroatoms. The van der Waals surface area contributed by atoms with Gasteiger partial charge in [-0.15, -0.1) is 0 Å². The van der Waals surface area contributed by atoms with E-state index in [1.165, 1.54) is 0 Å². The molecule has 1 saturated heterocycles. The lowest BCUT2D eigenvalue weighted by molar-refractivity contribution is -0.127. The third-order valence-electron chi connectivity index (χ3n) is 2.94. The van der Waals surface area contributed by atoms with Crippen molar-refractivity contribution in [2.45, 2.75) is 19.4 Å². The predicted molar refractivity (Wildman–Crippen MR) is 70.1 cm³/mol. The molecule has 1 fully saturated rings. The molecule has 2 amide bonds. The standard InChI is InChI=1S/C12H14BrN3O2/c1-8(17)16-6-4-9(7-16)15-12(18)11-10(13)3-2-5-14-11/h2-3,5,9H,4,6-7H2,1H3,(H,15,18)/t9-/m0/s1. The monoisotopic (exact) mass is 311 g/mol. The van der Waals surface area contributed by atoms with Crippen molar-refractivity contribution >= 4 is 27.7 Å². The number of nitrogens with zero attached hydrogens (tertiary/aromatic N) is 2. The van der Waals surface area contributed by atoms with Crippen molar-refractivity contribution in [1.82, 2.24) is 15.2 Å². The van der Waals surface area contributed by atoms with Crippen LogP contribution in [0.25, 0.3) is 0 Å². The molecule has 0 aliphatic carbocycles. The quantitative estimate of drug-likeness (QED) is 0.892. The third kappa shape index (κ3) is 2.87. The molecule has 96 valence electrons. The van der Waals surface area contributed by atoms with E-state index in [9.17, 15) is 9.59 Å². The maximum Gasteiger partial charge on any atom is 0.271 e. The first-order valence-electron chi connectivity index (χ1n) is 5.75. The lowest BCUT2D eigenvalue weighted by Crippen LogP contribution is -2.38. The summed E-state index contributed by atoms with van der Waals surface area (Å²) in [5, 5.41) is 2.90. The van der Waals surface area contributed by atoms with Crippen LogP contribution in [-0.2, 0) is 4.79 Å². The first-order valence-corrected chi connectivity index (χ1v) is 6.54. The molecular weight excluding hydrogens is 298 g/mol. The summed E-state index contributed by atoms with van der Waals surface area (Å²) in [6.45, 7) is 2.81. The van der Waals surface area contributed by atoms with E-state index in [1.807, 2.05) is 0 Å². The Kier molecular flexibility index (Phi) is 3.96. The molecule has 1 aliphatic heterocycles. The minimum Gasteiger partial charge on any atom is -0.346 e. The second-order valence-electron chi connectivity index (χ2n) is 4.26. The molecule has 5 nitrogen and oxygen atoms in total. The molecule has 0 aromatic carbocycles. The van der Waals surface area contributed by atoms with Crippen molar-refractivity contribution < 1.29 is 9.59 Å². The van der Waals surface area contributed by atoms with Gasteiger partial charge in [-0.1, -0.05) is 0 Å². The molecule has 0 spiro atoms. The van der Waals surface area contributed by atoms with E-state index in [4.69, 9.17) is 0 Å². The van der Waals surface area contributed by atoms with Crippen LogP contribution >= 0.6 is 15.9 Å². The highest BCUT2D eigenvalue weighted by atomic mass is 79.9. The number of nitrogens with one attached hydrogen (secondary N) is 1. The van der Waals surface area contributed by atoms with E-state index in [-0.39, 0.29) is 17.9 Å². The lowest BCUT2D eigenvalue weighted by atomic mass is 10.2. The van der Waals surface area contributed by atoms with E-state index >= 15 is 0 Å². The molecule has 1 atom stereocenters. The molecule has 0 bridgehead atoms. The largest absolute Gasteiger partial charge is 0.346 e. The van der Waals surface area contributed by atoms with Crippen LogP contribution in [0, 0.1) is 0 Å².